The molecule has 0 saturated heterocycles. The Labute approximate surface area is 264 Å². The largest absolute Gasteiger partial charge is 0.554 e. The maximum Gasteiger partial charge on any atom is 0.291 e. The first-order chi connectivity index (χ1) is 21.3. The molecule has 1 aliphatic rings. The zero-order valence-corrected chi connectivity index (χ0v) is 26.0. The van der Waals surface area contributed by atoms with Gasteiger partial charge >= 0.3 is 0 Å². The highest BCUT2D eigenvalue weighted by Crippen LogP contribution is 2.30. The third-order valence-electron chi connectivity index (χ3n) is 6.97. The van der Waals surface area contributed by atoms with Crippen molar-refractivity contribution in [3.63, 3.8) is 0 Å². The summed E-state index contributed by atoms with van der Waals surface area (Å²) in [5.74, 6) is -3.83. The molecular weight excluding hydrogens is 612 g/mol. The molecule has 3 N–H and O–H groups in total. The fraction of sp³-hybridized carbons (Fsp3) is 0.367. The Hall–Kier alpha value is -4.58. The van der Waals surface area contributed by atoms with Crippen LogP contribution < -0.4 is 25.8 Å². The van der Waals surface area contributed by atoms with Crippen LogP contribution in [0.2, 0.25) is 5.02 Å². The molecule has 15 heteroatoms. The first kappa shape index (κ1) is 34.9. The molecule has 3 aromatic rings. The van der Waals surface area contributed by atoms with Crippen molar-refractivity contribution in [2.24, 2.45) is 7.05 Å². The van der Waals surface area contributed by atoms with E-state index in [0.29, 0.717) is 11.7 Å². The number of nitriles is 1. The van der Waals surface area contributed by atoms with Crippen LogP contribution in [0.15, 0.2) is 36.5 Å². The van der Waals surface area contributed by atoms with Crippen molar-refractivity contribution in [3.8, 4) is 23.1 Å². The third-order valence-corrected chi connectivity index (χ3v) is 7.28. The Morgan fingerprint density at radius 1 is 1.18 bits per heavy atom. The minimum atomic E-state index is -1.25. The van der Waals surface area contributed by atoms with Gasteiger partial charge in [0.2, 0.25) is 5.82 Å². The van der Waals surface area contributed by atoms with Gasteiger partial charge in [-0.2, -0.15) is 9.65 Å². The van der Waals surface area contributed by atoms with Crippen LogP contribution in [0.4, 0.5) is 14.5 Å². The molecular formula is C30H34ClF2N7O5. The van der Waals surface area contributed by atoms with Gasteiger partial charge in [-0.25, -0.2) is 9.37 Å². The van der Waals surface area contributed by atoms with E-state index in [-0.39, 0.29) is 39.6 Å². The van der Waals surface area contributed by atoms with E-state index >= 15 is 0 Å². The first-order valence-corrected chi connectivity index (χ1v) is 14.2. The molecule has 45 heavy (non-hydrogen) atoms. The highest BCUT2D eigenvalue weighted by atomic mass is 35.5. The highest BCUT2D eigenvalue weighted by molar-refractivity contribution is 6.34. The van der Waals surface area contributed by atoms with Crippen LogP contribution >= 0.6 is 11.6 Å². The van der Waals surface area contributed by atoms with Crippen molar-refractivity contribution >= 4 is 35.6 Å². The number of likely N-dealkylation sites (N-methyl/N-ethyl adjacent to an activating group) is 1. The lowest BCUT2D eigenvalue weighted by Crippen LogP contribution is -2.54. The molecule has 0 unspecified atom stereocenters. The molecule has 0 spiro atoms. The summed E-state index contributed by atoms with van der Waals surface area (Å²) < 4.78 is 36.2. The number of benzene rings is 2. The normalized spacial score (nSPS) is 15.5. The number of imidazole rings is 1. The Balaban J connectivity index is 0.00000177. The van der Waals surface area contributed by atoms with Crippen LogP contribution in [0.1, 0.15) is 33.8 Å². The monoisotopic (exact) mass is 645 g/mol. The molecule has 0 atom stereocenters. The van der Waals surface area contributed by atoms with Crippen molar-refractivity contribution in [2.75, 3.05) is 46.2 Å². The number of hydrogen-bond donors (Lipinski definition) is 3. The summed E-state index contributed by atoms with van der Waals surface area (Å²) in [4.78, 5) is 38.0. The number of aromatic nitrogens is 2. The van der Waals surface area contributed by atoms with Gasteiger partial charge in [0.05, 0.1) is 50.2 Å². The Bertz CT molecular complexity index is 1580. The molecule has 4 rings (SSSR count). The number of hydrogen-bond acceptors (Lipinski definition) is 8. The summed E-state index contributed by atoms with van der Waals surface area (Å²) in [6, 6.07) is 9.14. The topological polar surface area (TPSA) is 161 Å². The average Bonchev–Trinajstić information content (AvgIpc) is 3.33. The molecule has 1 aromatic heterocycles. The number of halogens is 3. The Morgan fingerprint density at radius 3 is 2.49 bits per heavy atom. The summed E-state index contributed by atoms with van der Waals surface area (Å²) >= 11 is 6.38. The standard InChI is InChI=1S/C29H32ClF2N7O3.CH2O2/c1-38-23(21-7-8-24(42-12-9-33)26(32)25(21)31)16-35-27(38)29(41)36-17-5-6-20(22(30)15-17)28(40)37-19-13-18(14-19)34-10-11-39(2,3)4;2-1-3/h5-8,15-16,18-19,34H,10-14H2,1-4H3,(H-,36,37,40,41);1H,(H,2,3). The maximum absolute atomic E-state index is 14.7. The van der Waals surface area contributed by atoms with E-state index in [2.05, 4.69) is 42.1 Å². The van der Waals surface area contributed by atoms with E-state index in [0.717, 1.165) is 30.4 Å². The quantitative estimate of drug-likeness (QED) is 0.211. The summed E-state index contributed by atoms with van der Waals surface area (Å²) in [5.41, 5.74) is 0.625. The van der Waals surface area contributed by atoms with Crippen molar-refractivity contribution in [1.29, 1.82) is 5.26 Å². The minimum absolute atomic E-state index is 0.0618. The van der Waals surface area contributed by atoms with Crippen molar-refractivity contribution in [2.45, 2.75) is 24.9 Å². The minimum Gasteiger partial charge on any atom is -0.554 e. The van der Waals surface area contributed by atoms with Crippen LogP contribution in [-0.4, -0.2) is 85.2 Å². The van der Waals surface area contributed by atoms with Crippen LogP contribution in [-0.2, 0) is 11.8 Å². The lowest BCUT2D eigenvalue weighted by molar-refractivity contribution is -0.869. The van der Waals surface area contributed by atoms with E-state index in [1.165, 1.54) is 42.1 Å². The fourth-order valence-corrected chi connectivity index (χ4v) is 4.82. The molecule has 2 amide bonds. The number of nitrogens with one attached hydrogen (secondary N) is 3. The molecule has 0 aliphatic heterocycles. The number of anilines is 1. The second kappa shape index (κ2) is 15.4. The number of rotatable bonds is 11. The molecule has 2 aromatic carbocycles. The van der Waals surface area contributed by atoms with Gasteiger partial charge in [-0.1, -0.05) is 11.6 Å². The van der Waals surface area contributed by atoms with Gasteiger partial charge in [0.15, 0.2) is 24.0 Å². The van der Waals surface area contributed by atoms with Gasteiger partial charge in [-0.05, 0) is 43.2 Å². The van der Waals surface area contributed by atoms with Crippen LogP contribution in [0.25, 0.3) is 11.3 Å². The summed E-state index contributed by atoms with van der Waals surface area (Å²) in [6.45, 7) is 0.994. The van der Waals surface area contributed by atoms with Gasteiger partial charge in [-0.3, -0.25) is 9.59 Å². The lowest BCUT2D eigenvalue weighted by atomic mass is 9.86. The smallest absolute Gasteiger partial charge is 0.291 e. The Kier molecular flexibility index (Phi) is 12.0. The summed E-state index contributed by atoms with van der Waals surface area (Å²) in [7, 11) is 7.92. The second-order valence-electron chi connectivity index (χ2n) is 11.3. The van der Waals surface area contributed by atoms with Crippen molar-refractivity contribution in [3.05, 3.63) is 64.6 Å². The third kappa shape index (κ3) is 9.21. The highest BCUT2D eigenvalue weighted by Gasteiger charge is 2.31. The SMILES string of the molecule is Cn1c(-c2ccc(OCC#N)c(F)c2F)cnc1C(=O)Nc1ccc(C(=O)NC2CC(NCC[N+](C)(C)C)C2)c(Cl)c1.O=C[O-]. The van der Waals surface area contributed by atoms with E-state index < -0.39 is 36.4 Å². The molecule has 0 bridgehead atoms. The average molecular weight is 646 g/mol. The van der Waals surface area contributed by atoms with E-state index in [1.807, 2.05) is 0 Å². The lowest BCUT2D eigenvalue weighted by Gasteiger charge is -2.37. The van der Waals surface area contributed by atoms with Gasteiger partial charge in [-0.15, -0.1) is 0 Å². The predicted octanol–water partition coefficient (Wildman–Crippen LogP) is 2.10. The molecule has 240 valence electrons. The summed E-state index contributed by atoms with van der Waals surface area (Å²) in [5, 5.41) is 26.2. The zero-order valence-electron chi connectivity index (χ0n) is 25.2. The van der Waals surface area contributed by atoms with Crippen molar-refractivity contribution < 1.29 is 37.5 Å². The van der Waals surface area contributed by atoms with Gasteiger partial charge in [0.25, 0.3) is 11.8 Å². The first-order valence-electron chi connectivity index (χ1n) is 13.8. The number of carboxylic acid groups (broad SMARTS) is 1. The van der Waals surface area contributed by atoms with Crippen LogP contribution in [0, 0.1) is 23.0 Å². The zero-order chi connectivity index (χ0) is 33.3. The predicted molar refractivity (Wildman–Crippen MR) is 160 cm³/mol. The van der Waals surface area contributed by atoms with E-state index in [9.17, 15) is 18.4 Å². The summed E-state index contributed by atoms with van der Waals surface area (Å²) in [6.07, 6.45) is 2.93. The van der Waals surface area contributed by atoms with Crippen LogP contribution in [0.3, 0.4) is 0 Å². The maximum atomic E-state index is 14.7. The molecule has 0 radical (unpaired) electrons. The number of quaternary nitrogens is 1. The molecule has 1 aliphatic carbocycles. The second-order valence-corrected chi connectivity index (χ2v) is 11.7. The Morgan fingerprint density at radius 2 is 1.87 bits per heavy atom. The fourth-order valence-electron chi connectivity index (χ4n) is 4.56. The van der Waals surface area contributed by atoms with Gasteiger partial charge in [0.1, 0.15) is 6.07 Å². The molecule has 1 heterocycles. The van der Waals surface area contributed by atoms with Crippen LogP contribution in [0.5, 0.6) is 5.75 Å². The number of nitrogens with zero attached hydrogens (tertiary/aromatic N) is 4. The molecule has 1 fully saturated rings. The molecule has 1 saturated carbocycles. The van der Waals surface area contributed by atoms with Gasteiger partial charge < -0.3 is 39.6 Å². The number of amides is 2. The molecule has 12 nitrogen and oxygen atoms in total. The number of carbonyl (C=O) groups is 3. The van der Waals surface area contributed by atoms with Crippen molar-refractivity contribution in [1.82, 2.24) is 20.2 Å². The van der Waals surface area contributed by atoms with E-state index in [4.69, 9.17) is 31.5 Å². The van der Waals surface area contributed by atoms with E-state index in [1.54, 1.807) is 12.1 Å². The number of carbonyl (C=O) groups excluding carboxylic acids is 3. The van der Waals surface area contributed by atoms with Gasteiger partial charge in [0, 0.05) is 43.4 Å². The number of ether oxygens (including phenoxy) is 1.